The Morgan fingerprint density at radius 2 is 1.78 bits per heavy atom. The summed E-state index contributed by atoms with van der Waals surface area (Å²) >= 11 is 0. The number of pyridine rings is 1. The maximum absolute atomic E-state index is 13.3. The van der Waals surface area contributed by atoms with Crippen LogP contribution in [0.3, 0.4) is 0 Å². The lowest BCUT2D eigenvalue weighted by Gasteiger charge is -2.42. The number of H-pyrrole nitrogens is 1. The lowest BCUT2D eigenvalue weighted by Crippen LogP contribution is -2.49. The lowest BCUT2D eigenvalue weighted by atomic mass is 9.82. The van der Waals surface area contributed by atoms with Crippen LogP contribution in [0.1, 0.15) is 66.1 Å². The highest BCUT2D eigenvalue weighted by molar-refractivity contribution is 6.00. The molecule has 1 aliphatic rings. The SMILES string of the molecule is CC(=O)c1c(C2C[C@@H](C)N(C(=O)c3cc(N)n[nH]3)[C@@H](C)C2)nc2c(-c3ccc(-c4cnn(C)c4)nc3)cnn2c1N. The van der Waals surface area contributed by atoms with Gasteiger partial charge in [-0.3, -0.25) is 24.4 Å². The fourth-order valence-corrected chi connectivity index (χ4v) is 5.96. The predicted octanol–water partition coefficient (Wildman–Crippen LogP) is 3.08. The van der Waals surface area contributed by atoms with Crippen molar-refractivity contribution in [3.05, 3.63) is 59.9 Å². The minimum atomic E-state index is -0.182. The molecule has 13 heteroatoms. The normalized spacial score (nSPS) is 19.1. The van der Waals surface area contributed by atoms with Gasteiger partial charge >= 0.3 is 0 Å². The third-order valence-corrected chi connectivity index (χ3v) is 7.79. The van der Waals surface area contributed by atoms with Crippen LogP contribution in [0.4, 0.5) is 11.6 Å². The van der Waals surface area contributed by atoms with E-state index in [1.165, 1.54) is 17.5 Å². The summed E-state index contributed by atoms with van der Waals surface area (Å²) in [5.41, 5.74) is 17.5. The number of aryl methyl sites for hydroxylation is 1. The van der Waals surface area contributed by atoms with Crippen molar-refractivity contribution in [1.29, 1.82) is 0 Å². The van der Waals surface area contributed by atoms with Crippen LogP contribution in [-0.2, 0) is 7.05 Å². The molecule has 5 aromatic heterocycles. The van der Waals surface area contributed by atoms with E-state index in [2.05, 4.69) is 25.4 Å². The number of amides is 1. The van der Waals surface area contributed by atoms with Crippen molar-refractivity contribution >= 4 is 29.0 Å². The Hall–Kier alpha value is -5.07. The molecule has 5 aromatic rings. The van der Waals surface area contributed by atoms with Crippen LogP contribution in [-0.4, -0.2) is 68.2 Å². The van der Waals surface area contributed by atoms with Crippen molar-refractivity contribution in [2.24, 2.45) is 7.05 Å². The van der Waals surface area contributed by atoms with Crippen molar-refractivity contribution < 1.29 is 9.59 Å². The molecule has 1 fully saturated rings. The Kier molecular flexibility index (Phi) is 6.28. The van der Waals surface area contributed by atoms with E-state index in [1.807, 2.05) is 44.1 Å². The molecular weight excluding hydrogens is 522 g/mol. The van der Waals surface area contributed by atoms with Gasteiger partial charge in [0.25, 0.3) is 5.91 Å². The Balaban J connectivity index is 1.37. The number of aromatic amines is 1. The summed E-state index contributed by atoms with van der Waals surface area (Å²) in [6, 6.07) is 5.16. The van der Waals surface area contributed by atoms with Gasteiger partial charge in [-0.05, 0) is 39.7 Å². The van der Waals surface area contributed by atoms with Crippen LogP contribution in [0.2, 0.25) is 0 Å². The summed E-state index contributed by atoms with van der Waals surface area (Å²) in [6.45, 7) is 5.48. The number of nitrogen functional groups attached to an aromatic ring is 2. The zero-order valence-electron chi connectivity index (χ0n) is 23.2. The number of nitrogens with zero attached hydrogens (tertiary/aromatic N) is 8. The summed E-state index contributed by atoms with van der Waals surface area (Å²) in [4.78, 5) is 37.6. The van der Waals surface area contributed by atoms with Crippen LogP contribution >= 0.6 is 0 Å². The second-order valence-corrected chi connectivity index (χ2v) is 10.7. The fourth-order valence-electron chi connectivity index (χ4n) is 5.96. The zero-order valence-corrected chi connectivity index (χ0v) is 23.2. The highest BCUT2D eigenvalue weighted by atomic mass is 16.2. The molecule has 41 heavy (non-hydrogen) atoms. The summed E-state index contributed by atoms with van der Waals surface area (Å²) in [5, 5.41) is 15.3. The molecule has 0 aliphatic carbocycles. The molecule has 1 aliphatic heterocycles. The van der Waals surface area contributed by atoms with Crippen LogP contribution in [0, 0.1) is 0 Å². The quantitative estimate of drug-likeness (QED) is 0.276. The number of nitrogens with two attached hydrogens (primary N) is 2. The number of Topliss-reactive ketones (excluding diaryl/α,β-unsaturated/α-hetero) is 1. The van der Waals surface area contributed by atoms with Gasteiger partial charge in [-0.1, -0.05) is 6.07 Å². The number of hydrogen-bond acceptors (Lipinski definition) is 9. The fraction of sp³-hybridized carbons (Fsp3) is 0.321. The number of nitrogens with one attached hydrogen (secondary N) is 1. The molecule has 6 heterocycles. The predicted molar refractivity (Wildman–Crippen MR) is 153 cm³/mol. The third-order valence-electron chi connectivity index (χ3n) is 7.79. The number of carbonyl (C=O) groups excluding carboxylic acids is 2. The van der Waals surface area contributed by atoms with E-state index in [4.69, 9.17) is 16.5 Å². The number of likely N-dealkylation sites (tertiary alicyclic amines) is 1. The largest absolute Gasteiger partial charge is 0.383 e. The van der Waals surface area contributed by atoms with Gasteiger partial charge in [0.05, 0.1) is 29.3 Å². The van der Waals surface area contributed by atoms with Gasteiger partial charge in [0.2, 0.25) is 0 Å². The maximum Gasteiger partial charge on any atom is 0.272 e. The number of rotatable bonds is 5. The van der Waals surface area contributed by atoms with Gasteiger partial charge in [-0.25, -0.2) is 4.98 Å². The van der Waals surface area contributed by atoms with Crippen molar-refractivity contribution in [3.63, 3.8) is 0 Å². The Morgan fingerprint density at radius 3 is 2.37 bits per heavy atom. The molecule has 0 bridgehead atoms. The smallest absolute Gasteiger partial charge is 0.272 e. The molecule has 0 saturated carbocycles. The van der Waals surface area contributed by atoms with E-state index < -0.39 is 0 Å². The summed E-state index contributed by atoms with van der Waals surface area (Å²) in [7, 11) is 1.86. The van der Waals surface area contributed by atoms with E-state index in [0.29, 0.717) is 35.4 Å². The van der Waals surface area contributed by atoms with Gasteiger partial charge in [0, 0.05) is 60.2 Å². The van der Waals surface area contributed by atoms with Crippen LogP contribution in [0.5, 0.6) is 0 Å². The standard InChI is InChI=1S/C28H31N11O2/c1-14-7-18(8-15(2)38(14)28(41)22-9-23(29)36-35-22)25-24(16(3)40)26(30)39-27(34-25)20(12-33-39)17-5-6-21(31-10-17)19-11-32-37(4)13-19/h5-6,9-15,18H,7-8,30H2,1-4H3,(H3,29,35,36)/t14-,15+,18?. The van der Waals surface area contributed by atoms with Crippen LogP contribution in [0.15, 0.2) is 43.0 Å². The van der Waals surface area contributed by atoms with Crippen molar-refractivity contribution in [3.8, 4) is 22.4 Å². The highest BCUT2D eigenvalue weighted by Gasteiger charge is 2.38. The molecule has 0 spiro atoms. The van der Waals surface area contributed by atoms with E-state index in [-0.39, 0.29) is 41.3 Å². The second kappa shape index (κ2) is 9.84. The van der Waals surface area contributed by atoms with Gasteiger partial charge in [0.15, 0.2) is 11.4 Å². The minimum Gasteiger partial charge on any atom is -0.383 e. The monoisotopic (exact) mass is 553 g/mol. The summed E-state index contributed by atoms with van der Waals surface area (Å²) in [6.07, 6.45) is 8.34. The number of fused-ring (bicyclic) bond motifs is 1. The molecule has 1 amide bonds. The molecule has 210 valence electrons. The van der Waals surface area contributed by atoms with Crippen LogP contribution in [0.25, 0.3) is 28.0 Å². The van der Waals surface area contributed by atoms with Crippen LogP contribution < -0.4 is 11.5 Å². The maximum atomic E-state index is 13.3. The van der Waals surface area contributed by atoms with Crippen molar-refractivity contribution in [1.82, 2.24) is 44.5 Å². The number of ketones is 1. The first-order valence-corrected chi connectivity index (χ1v) is 13.4. The van der Waals surface area contributed by atoms with E-state index in [9.17, 15) is 9.59 Å². The topological polar surface area (TPSA) is 179 Å². The molecular formula is C28H31N11O2. The number of anilines is 2. The number of hydrogen-bond donors (Lipinski definition) is 3. The average Bonchev–Trinajstić information content (AvgIpc) is 3.68. The summed E-state index contributed by atoms with van der Waals surface area (Å²) in [5.74, 6) is 0.0633. The molecule has 1 unspecified atom stereocenters. The second-order valence-electron chi connectivity index (χ2n) is 10.7. The Bertz CT molecular complexity index is 1770. The Labute approximate surface area is 235 Å². The third kappa shape index (κ3) is 4.48. The van der Waals surface area contributed by atoms with Gasteiger partial charge in [0.1, 0.15) is 17.3 Å². The van der Waals surface area contributed by atoms with E-state index in [0.717, 1.165) is 22.4 Å². The first kappa shape index (κ1) is 26.2. The number of carbonyl (C=O) groups is 2. The van der Waals surface area contributed by atoms with Gasteiger partial charge in [-0.15, -0.1) is 0 Å². The lowest BCUT2D eigenvalue weighted by molar-refractivity contribution is 0.0469. The van der Waals surface area contributed by atoms with E-state index in [1.54, 1.807) is 23.3 Å². The molecule has 13 nitrogen and oxygen atoms in total. The van der Waals surface area contributed by atoms with Gasteiger partial charge in [-0.2, -0.15) is 19.8 Å². The van der Waals surface area contributed by atoms with E-state index >= 15 is 0 Å². The molecule has 5 N–H and O–H groups in total. The average molecular weight is 554 g/mol. The molecule has 3 atom stereocenters. The Morgan fingerprint density at radius 1 is 1.02 bits per heavy atom. The zero-order chi connectivity index (χ0) is 29.0. The molecule has 1 saturated heterocycles. The molecule has 0 radical (unpaired) electrons. The van der Waals surface area contributed by atoms with Gasteiger partial charge < -0.3 is 16.4 Å². The van der Waals surface area contributed by atoms with Crippen molar-refractivity contribution in [2.45, 2.75) is 51.6 Å². The number of piperidine rings is 1. The first-order chi connectivity index (χ1) is 19.6. The number of aromatic nitrogens is 8. The first-order valence-electron chi connectivity index (χ1n) is 13.4. The van der Waals surface area contributed by atoms with Crippen molar-refractivity contribution in [2.75, 3.05) is 11.5 Å². The minimum absolute atomic E-state index is 0.101. The highest BCUT2D eigenvalue weighted by Crippen LogP contribution is 2.39. The molecule has 0 aromatic carbocycles. The molecule has 6 rings (SSSR count). The summed E-state index contributed by atoms with van der Waals surface area (Å²) < 4.78 is 3.24.